The van der Waals surface area contributed by atoms with Gasteiger partial charge in [0.2, 0.25) is 0 Å². The molecule has 1 unspecified atom stereocenters. The van der Waals surface area contributed by atoms with Crippen LogP contribution in [0.3, 0.4) is 0 Å². The van der Waals surface area contributed by atoms with Gasteiger partial charge >= 0.3 is 0 Å². The van der Waals surface area contributed by atoms with Gasteiger partial charge in [-0.1, -0.05) is 50.4 Å². The van der Waals surface area contributed by atoms with E-state index in [2.05, 4.69) is 55.2 Å². The zero-order valence-electron chi connectivity index (χ0n) is 9.77. The second-order valence-electron chi connectivity index (χ2n) is 4.77. The number of fused-ring (bicyclic) bond motifs is 2. The van der Waals surface area contributed by atoms with Crippen molar-refractivity contribution < 1.29 is 0 Å². The molecule has 17 heavy (non-hydrogen) atoms. The number of hydrogen-bond acceptors (Lipinski definition) is 0. The monoisotopic (exact) mass is 236 g/mol. The van der Waals surface area contributed by atoms with Crippen molar-refractivity contribution in [2.45, 2.75) is 6.42 Å². The first kappa shape index (κ1) is 9.62. The van der Waals surface area contributed by atoms with Crippen LogP contribution in [0.2, 0.25) is 0 Å². The molecule has 0 N–H and O–H groups in total. The molecule has 2 aromatic rings. The Hall–Kier alpha value is -1.39. The van der Waals surface area contributed by atoms with Crippen molar-refractivity contribution in [2.75, 3.05) is 6.66 Å². The smallest absolute Gasteiger partial charge is 0.00118 e. The molecule has 1 aliphatic carbocycles. The number of rotatable bonds is 0. The lowest BCUT2D eigenvalue weighted by molar-refractivity contribution is 1.28. The standard InChI is InChI=1S/C16H13P/c1-17-12-9-11-5-4-7-13(15(11)10-12)14-6-2-3-8-16(14)17/h2-8,10H,9H2,1H3. The van der Waals surface area contributed by atoms with E-state index in [1.807, 2.05) is 0 Å². The summed E-state index contributed by atoms with van der Waals surface area (Å²) in [6, 6.07) is 15.7. The molecule has 1 heteroatoms. The Balaban J connectivity index is 2.14. The van der Waals surface area contributed by atoms with Gasteiger partial charge in [-0.2, -0.15) is 0 Å². The average molecular weight is 236 g/mol. The summed E-state index contributed by atoms with van der Waals surface area (Å²) >= 11 is 0. The van der Waals surface area contributed by atoms with Crippen LogP contribution in [0.1, 0.15) is 11.1 Å². The molecule has 4 rings (SSSR count). The van der Waals surface area contributed by atoms with Crippen LogP contribution in [0.15, 0.2) is 47.8 Å². The molecule has 0 nitrogen and oxygen atoms in total. The quantitative estimate of drug-likeness (QED) is 0.606. The number of hydrogen-bond donors (Lipinski definition) is 0. The molecule has 0 radical (unpaired) electrons. The van der Waals surface area contributed by atoms with Crippen molar-refractivity contribution in [1.82, 2.24) is 0 Å². The largest absolute Gasteiger partial charge is 0.0616 e. The molecule has 2 aliphatic rings. The Morgan fingerprint density at radius 3 is 2.71 bits per heavy atom. The highest BCUT2D eigenvalue weighted by Crippen LogP contribution is 2.52. The maximum atomic E-state index is 2.44. The Bertz CT molecular complexity index is 652. The van der Waals surface area contributed by atoms with E-state index in [4.69, 9.17) is 0 Å². The van der Waals surface area contributed by atoms with Gasteiger partial charge in [-0.05, 0) is 52.0 Å². The van der Waals surface area contributed by atoms with E-state index in [0.717, 1.165) is 0 Å². The van der Waals surface area contributed by atoms with Crippen LogP contribution in [-0.2, 0) is 6.42 Å². The highest BCUT2D eigenvalue weighted by Gasteiger charge is 2.26. The maximum Gasteiger partial charge on any atom is -0.00118 e. The Morgan fingerprint density at radius 2 is 1.76 bits per heavy atom. The third-order valence-corrected chi connectivity index (χ3v) is 6.13. The van der Waals surface area contributed by atoms with Gasteiger partial charge in [0.25, 0.3) is 0 Å². The molecule has 0 spiro atoms. The van der Waals surface area contributed by atoms with E-state index in [1.54, 1.807) is 10.6 Å². The van der Waals surface area contributed by atoms with Gasteiger partial charge in [0.1, 0.15) is 0 Å². The topological polar surface area (TPSA) is 0 Å². The summed E-state index contributed by atoms with van der Waals surface area (Å²) in [7, 11) is -0.136. The second kappa shape index (κ2) is 3.31. The van der Waals surface area contributed by atoms with E-state index in [1.165, 1.54) is 28.7 Å². The molecule has 2 aromatic carbocycles. The summed E-state index contributed by atoms with van der Waals surface area (Å²) in [4.78, 5) is 0. The fraction of sp³-hybridized carbons (Fsp3) is 0.125. The van der Waals surface area contributed by atoms with Crippen LogP contribution in [0.4, 0.5) is 0 Å². The summed E-state index contributed by atoms with van der Waals surface area (Å²) in [5.41, 5.74) is 5.87. The van der Waals surface area contributed by atoms with Crippen LogP contribution in [0, 0.1) is 0 Å². The van der Waals surface area contributed by atoms with Gasteiger partial charge in [0, 0.05) is 0 Å². The minimum atomic E-state index is -0.136. The highest BCUT2D eigenvalue weighted by molar-refractivity contribution is 7.69. The van der Waals surface area contributed by atoms with Crippen LogP contribution in [0.5, 0.6) is 0 Å². The molecule has 0 fully saturated rings. The average Bonchev–Trinajstić information content (AvgIpc) is 2.77. The highest BCUT2D eigenvalue weighted by atomic mass is 31.1. The van der Waals surface area contributed by atoms with Gasteiger partial charge in [-0.15, -0.1) is 0 Å². The molecule has 0 saturated heterocycles. The Labute approximate surface area is 103 Å². The van der Waals surface area contributed by atoms with Gasteiger partial charge < -0.3 is 0 Å². The van der Waals surface area contributed by atoms with Gasteiger partial charge in [0.05, 0.1) is 0 Å². The van der Waals surface area contributed by atoms with E-state index in [0.29, 0.717) is 0 Å². The third kappa shape index (κ3) is 1.22. The number of benzene rings is 2. The van der Waals surface area contributed by atoms with Crippen LogP contribution in [-0.4, -0.2) is 6.66 Å². The molecule has 1 atom stereocenters. The number of allylic oxidation sites excluding steroid dienone is 1. The lowest BCUT2D eigenvalue weighted by atomic mass is 9.97. The molecular formula is C16H13P. The SMILES string of the molecule is CP1C2=Cc3c(cccc3-c3ccccc31)C2. The Morgan fingerprint density at radius 1 is 0.941 bits per heavy atom. The van der Waals surface area contributed by atoms with Crippen molar-refractivity contribution in [1.29, 1.82) is 0 Å². The van der Waals surface area contributed by atoms with Crippen molar-refractivity contribution in [2.24, 2.45) is 0 Å². The first-order chi connectivity index (χ1) is 8.34. The van der Waals surface area contributed by atoms with E-state index >= 15 is 0 Å². The molecular weight excluding hydrogens is 223 g/mol. The zero-order valence-corrected chi connectivity index (χ0v) is 10.7. The predicted molar refractivity (Wildman–Crippen MR) is 76.0 cm³/mol. The van der Waals surface area contributed by atoms with Crippen molar-refractivity contribution in [3.05, 3.63) is 58.9 Å². The Kier molecular flexibility index (Phi) is 1.87. The molecule has 0 saturated carbocycles. The van der Waals surface area contributed by atoms with E-state index < -0.39 is 0 Å². The molecule has 0 amide bonds. The van der Waals surface area contributed by atoms with Gasteiger partial charge in [0.15, 0.2) is 0 Å². The molecule has 82 valence electrons. The second-order valence-corrected chi connectivity index (χ2v) is 6.94. The lowest BCUT2D eigenvalue weighted by Crippen LogP contribution is -2.07. The van der Waals surface area contributed by atoms with Gasteiger partial charge in [-0.3, -0.25) is 0 Å². The van der Waals surface area contributed by atoms with Crippen LogP contribution in [0.25, 0.3) is 17.2 Å². The third-order valence-electron chi connectivity index (χ3n) is 3.87. The van der Waals surface area contributed by atoms with Crippen LogP contribution >= 0.6 is 7.92 Å². The summed E-state index contributed by atoms with van der Waals surface area (Å²) < 4.78 is 0. The summed E-state index contributed by atoms with van der Waals surface area (Å²) in [5.74, 6) is 0. The van der Waals surface area contributed by atoms with Crippen LogP contribution < -0.4 is 5.30 Å². The van der Waals surface area contributed by atoms with E-state index in [9.17, 15) is 0 Å². The first-order valence-electron chi connectivity index (χ1n) is 6.00. The normalized spacial score (nSPS) is 19.6. The fourth-order valence-corrected chi connectivity index (χ4v) is 4.85. The molecule has 0 aromatic heterocycles. The van der Waals surface area contributed by atoms with E-state index in [-0.39, 0.29) is 7.92 Å². The minimum Gasteiger partial charge on any atom is -0.0616 e. The predicted octanol–water partition coefficient (Wildman–Crippen LogP) is 4.00. The summed E-state index contributed by atoms with van der Waals surface area (Å²) in [5, 5.41) is 3.18. The molecule has 1 aliphatic heterocycles. The fourth-order valence-electron chi connectivity index (χ4n) is 2.95. The zero-order chi connectivity index (χ0) is 11.4. The van der Waals surface area contributed by atoms with Crippen molar-refractivity contribution in [3.8, 4) is 11.1 Å². The van der Waals surface area contributed by atoms with Crippen molar-refractivity contribution in [3.63, 3.8) is 0 Å². The lowest BCUT2D eigenvalue weighted by Gasteiger charge is -2.19. The minimum absolute atomic E-state index is 0.136. The first-order valence-corrected chi connectivity index (χ1v) is 7.79. The maximum absolute atomic E-state index is 2.44. The molecule has 1 heterocycles. The molecule has 2 bridgehead atoms. The van der Waals surface area contributed by atoms with Gasteiger partial charge in [-0.25, -0.2) is 0 Å². The summed E-state index contributed by atoms with van der Waals surface area (Å²) in [6.07, 6.45) is 3.61. The van der Waals surface area contributed by atoms with Crippen molar-refractivity contribution >= 4 is 19.3 Å². The summed E-state index contributed by atoms with van der Waals surface area (Å²) in [6.45, 7) is 2.40.